The molecular formula is C14H10F2N2O4S. The fourth-order valence-electron chi connectivity index (χ4n) is 2.06. The first-order valence-electron chi connectivity index (χ1n) is 6.39. The van der Waals surface area contributed by atoms with Gasteiger partial charge in [-0.1, -0.05) is 0 Å². The molecule has 0 bridgehead atoms. The molecule has 1 heterocycles. The fourth-order valence-corrected chi connectivity index (χ4v) is 3.12. The molecule has 0 spiro atoms. The van der Waals surface area contributed by atoms with Crippen LogP contribution in [0.5, 0.6) is 5.75 Å². The Bertz CT molecular complexity index is 879. The third-order valence-electron chi connectivity index (χ3n) is 3.01. The van der Waals surface area contributed by atoms with Crippen LogP contribution < -0.4 is 14.8 Å². The van der Waals surface area contributed by atoms with Gasteiger partial charge in [0.1, 0.15) is 17.4 Å². The molecule has 0 aromatic heterocycles. The number of rotatable bonds is 3. The summed E-state index contributed by atoms with van der Waals surface area (Å²) in [7, 11) is -4.09. The van der Waals surface area contributed by atoms with E-state index in [2.05, 4.69) is 10.0 Å². The van der Waals surface area contributed by atoms with E-state index in [0.717, 1.165) is 12.1 Å². The Morgan fingerprint density at radius 3 is 2.48 bits per heavy atom. The summed E-state index contributed by atoms with van der Waals surface area (Å²) in [4.78, 5) is 11.1. The molecule has 0 saturated carbocycles. The number of sulfonamides is 1. The van der Waals surface area contributed by atoms with E-state index in [1.165, 1.54) is 18.2 Å². The Labute approximate surface area is 130 Å². The van der Waals surface area contributed by atoms with Crippen molar-refractivity contribution < 1.29 is 26.7 Å². The summed E-state index contributed by atoms with van der Waals surface area (Å²) >= 11 is 0. The van der Waals surface area contributed by atoms with Gasteiger partial charge in [0.15, 0.2) is 6.61 Å². The molecule has 0 radical (unpaired) electrons. The van der Waals surface area contributed by atoms with Crippen LogP contribution in [-0.4, -0.2) is 20.9 Å². The zero-order chi connectivity index (χ0) is 16.6. The Morgan fingerprint density at radius 2 is 1.78 bits per heavy atom. The van der Waals surface area contributed by atoms with Crippen LogP contribution in [0.3, 0.4) is 0 Å². The van der Waals surface area contributed by atoms with E-state index in [1.807, 2.05) is 0 Å². The minimum atomic E-state index is -4.09. The number of amides is 1. The van der Waals surface area contributed by atoms with Crippen molar-refractivity contribution in [1.29, 1.82) is 0 Å². The maximum absolute atomic E-state index is 13.1. The molecule has 2 N–H and O–H groups in total. The lowest BCUT2D eigenvalue weighted by Crippen LogP contribution is -2.25. The van der Waals surface area contributed by atoms with Gasteiger partial charge in [-0.25, -0.2) is 17.2 Å². The van der Waals surface area contributed by atoms with E-state index in [1.54, 1.807) is 0 Å². The maximum atomic E-state index is 13.1. The van der Waals surface area contributed by atoms with Crippen molar-refractivity contribution in [2.45, 2.75) is 4.90 Å². The number of anilines is 2. The number of halogens is 2. The quantitative estimate of drug-likeness (QED) is 0.896. The summed E-state index contributed by atoms with van der Waals surface area (Å²) in [5.41, 5.74) is -0.0462. The van der Waals surface area contributed by atoms with Gasteiger partial charge in [0.2, 0.25) is 0 Å². The molecule has 3 rings (SSSR count). The molecule has 23 heavy (non-hydrogen) atoms. The average Bonchev–Trinajstić information content (AvgIpc) is 2.44. The zero-order valence-corrected chi connectivity index (χ0v) is 12.3. The third-order valence-corrected chi connectivity index (χ3v) is 4.39. The Kier molecular flexibility index (Phi) is 3.64. The Hall–Kier alpha value is -2.68. The van der Waals surface area contributed by atoms with Crippen molar-refractivity contribution in [3.63, 3.8) is 0 Å². The van der Waals surface area contributed by atoms with Gasteiger partial charge in [-0.3, -0.25) is 9.52 Å². The van der Waals surface area contributed by atoms with Gasteiger partial charge >= 0.3 is 0 Å². The lowest BCUT2D eigenvalue weighted by molar-refractivity contribution is -0.118. The molecule has 1 aliphatic heterocycles. The minimum absolute atomic E-state index is 0.153. The van der Waals surface area contributed by atoms with Crippen molar-refractivity contribution in [3.05, 3.63) is 48.0 Å². The van der Waals surface area contributed by atoms with Gasteiger partial charge < -0.3 is 10.1 Å². The highest BCUT2D eigenvalue weighted by molar-refractivity contribution is 7.92. The third kappa shape index (κ3) is 3.24. The van der Waals surface area contributed by atoms with Crippen molar-refractivity contribution in [2.24, 2.45) is 0 Å². The predicted octanol–water partition coefficient (Wildman–Crippen LogP) is 2.10. The molecule has 2 aromatic rings. The van der Waals surface area contributed by atoms with E-state index in [4.69, 9.17) is 4.74 Å². The first-order valence-corrected chi connectivity index (χ1v) is 7.87. The summed E-state index contributed by atoms with van der Waals surface area (Å²) in [6.07, 6.45) is 0. The lowest BCUT2D eigenvalue weighted by atomic mass is 10.2. The number of benzene rings is 2. The maximum Gasteiger partial charge on any atom is 0.262 e. The molecule has 1 amide bonds. The second kappa shape index (κ2) is 5.51. The topological polar surface area (TPSA) is 84.5 Å². The molecule has 9 heteroatoms. The summed E-state index contributed by atoms with van der Waals surface area (Å²) < 4.78 is 58.0. The minimum Gasteiger partial charge on any atom is -0.482 e. The molecule has 120 valence electrons. The molecule has 2 aromatic carbocycles. The highest BCUT2D eigenvalue weighted by Crippen LogP contribution is 2.30. The highest BCUT2D eigenvalue weighted by atomic mass is 32.2. The van der Waals surface area contributed by atoms with E-state index < -0.39 is 27.6 Å². The Balaban J connectivity index is 1.93. The second-order valence-corrected chi connectivity index (χ2v) is 6.44. The van der Waals surface area contributed by atoms with Crippen LogP contribution in [0.4, 0.5) is 20.2 Å². The van der Waals surface area contributed by atoms with Crippen LogP contribution in [0.1, 0.15) is 0 Å². The largest absolute Gasteiger partial charge is 0.482 e. The normalized spacial score (nSPS) is 13.7. The van der Waals surface area contributed by atoms with Crippen molar-refractivity contribution in [2.75, 3.05) is 16.6 Å². The SMILES string of the molecule is O=C1COc2ccc(S(=O)(=O)Nc3cc(F)cc(F)c3)cc2N1. The number of hydrogen-bond donors (Lipinski definition) is 2. The van der Waals surface area contributed by atoms with E-state index >= 15 is 0 Å². The lowest BCUT2D eigenvalue weighted by Gasteiger charge is -2.18. The van der Waals surface area contributed by atoms with Crippen LogP contribution in [0.25, 0.3) is 0 Å². The number of hydrogen-bond acceptors (Lipinski definition) is 4. The summed E-state index contributed by atoms with van der Waals surface area (Å²) in [5, 5.41) is 2.48. The number of fused-ring (bicyclic) bond motifs is 1. The predicted molar refractivity (Wildman–Crippen MR) is 77.7 cm³/mol. The van der Waals surface area contributed by atoms with Gasteiger partial charge in [0.25, 0.3) is 15.9 Å². The molecule has 1 aliphatic rings. The van der Waals surface area contributed by atoms with E-state index in [0.29, 0.717) is 11.8 Å². The van der Waals surface area contributed by atoms with Gasteiger partial charge in [-0.2, -0.15) is 0 Å². The van der Waals surface area contributed by atoms with Gasteiger partial charge in [-0.05, 0) is 30.3 Å². The van der Waals surface area contributed by atoms with Crippen molar-refractivity contribution in [3.8, 4) is 5.75 Å². The Morgan fingerprint density at radius 1 is 1.09 bits per heavy atom. The monoisotopic (exact) mass is 340 g/mol. The van der Waals surface area contributed by atoms with Gasteiger partial charge in [0, 0.05) is 6.07 Å². The van der Waals surface area contributed by atoms with Gasteiger partial charge in [0.05, 0.1) is 16.3 Å². The number of carbonyl (C=O) groups excluding carboxylic acids is 1. The second-order valence-electron chi connectivity index (χ2n) is 4.76. The standard InChI is InChI=1S/C14H10F2N2O4S/c15-8-3-9(16)5-10(4-8)18-23(20,21)11-1-2-13-12(6-11)17-14(19)7-22-13/h1-6,18H,7H2,(H,17,19). The summed E-state index contributed by atoms with van der Waals surface area (Å²) in [6.45, 7) is -0.153. The molecule has 0 aliphatic carbocycles. The van der Waals surface area contributed by atoms with Crippen molar-refractivity contribution in [1.82, 2.24) is 0 Å². The average molecular weight is 340 g/mol. The van der Waals surface area contributed by atoms with Crippen LogP contribution in [0.2, 0.25) is 0 Å². The molecule has 0 unspecified atom stereocenters. The van der Waals surface area contributed by atoms with Crippen LogP contribution >= 0.6 is 0 Å². The fraction of sp³-hybridized carbons (Fsp3) is 0.0714. The number of ether oxygens (including phenoxy) is 1. The molecule has 0 atom stereocenters. The molecule has 6 nitrogen and oxygen atoms in total. The van der Waals surface area contributed by atoms with E-state index in [-0.39, 0.29) is 22.9 Å². The zero-order valence-electron chi connectivity index (χ0n) is 11.5. The van der Waals surface area contributed by atoms with Gasteiger partial charge in [-0.15, -0.1) is 0 Å². The first-order chi connectivity index (χ1) is 10.8. The van der Waals surface area contributed by atoms with Crippen LogP contribution in [-0.2, 0) is 14.8 Å². The van der Waals surface area contributed by atoms with Crippen LogP contribution in [0, 0.1) is 11.6 Å². The summed E-state index contributed by atoms with van der Waals surface area (Å²) in [5.74, 6) is -1.89. The highest BCUT2D eigenvalue weighted by Gasteiger charge is 2.21. The molecular weight excluding hydrogens is 330 g/mol. The first kappa shape index (κ1) is 15.2. The van der Waals surface area contributed by atoms with Crippen molar-refractivity contribution >= 4 is 27.3 Å². The number of carbonyl (C=O) groups is 1. The molecule has 0 fully saturated rings. The number of nitrogens with one attached hydrogen (secondary N) is 2. The van der Waals surface area contributed by atoms with E-state index in [9.17, 15) is 22.0 Å². The van der Waals surface area contributed by atoms with Crippen LogP contribution in [0.15, 0.2) is 41.3 Å². The summed E-state index contributed by atoms with van der Waals surface area (Å²) in [6, 6.07) is 6.17. The molecule has 0 saturated heterocycles. The smallest absolute Gasteiger partial charge is 0.262 e.